The predicted octanol–water partition coefficient (Wildman–Crippen LogP) is 5.12. The highest BCUT2D eigenvalue weighted by atomic mass is 32.1. The molecule has 2 aromatic heterocycles. The number of hydrogen-bond acceptors (Lipinski definition) is 10. The number of rotatable bonds is 9. The number of carbonyl (C=O) groups excluding carboxylic acids is 1. The van der Waals surface area contributed by atoms with Crippen LogP contribution in [0.2, 0.25) is 0 Å². The zero-order valence-corrected chi connectivity index (χ0v) is 25.8. The Morgan fingerprint density at radius 3 is 2.41 bits per heavy atom. The second-order valence-electron chi connectivity index (χ2n) is 10.0. The number of furan rings is 1. The molecule has 0 radical (unpaired) electrons. The zero-order chi connectivity index (χ0) is 32.4. The third kappa shape index (κ3) is 5.61. The van der Waals surface area contributed by atoms with Gasteiger partial charge >= 0.3 is 5.97 Å². The van der Waals surface area contributed by atoms with Crippen molar-refractivity contribution >= 4 is 34.8 Å². The zero-order valence-electron chi connectivity index (χ0n) is 25.0. The molecule has 5 aromatic rings. The summed E-state index contributed by atoms with van der Waals surface area (Å²) >= 11 is 1.14. The maximum Gasteiger partial charge on any atom is 0.338 e. The summed E-state index contributed by atoms with van der Waals surface area (Å²) in [5.41, 5.74) is 1.67. The van der Waals surface area contributed by atoms with Crippen LogP contribution in [0.4, 0.5) is 5.69 Å². The van der Waals surface area contributed by atoms with E-state index >= 15 is 0 Å². The van der Waals surface area contributed by atoms with E-state index in [-0.39, 0.29) is 29.2 Å². The average Bonchev–Trinajstić information content (AvgIpc) is 3.67. The highest BCUT2D eigenvalue weighted by molar-refractivity contribution is 7.07. The fourth-order valence-electron chi connectivity index (χ4n) is 5.24. The molecule has 1 aliphatic rings. The summed E-state index contributed by atoms with van der Waals surface area (Å²) in [7, 11) is 2.99. The fraction of sp³-hybridized carbons (Fsp3) is 0.147. The number of nitrogens with zero attached hydrogens (tertiary/aromatic N) is 3. The van der Waals surface area contributed by atoms with Gasteiger partial charge in [0.1, 0.15) is 23.0 Å². The molecule has 0 aliphatic carbocycles. The minimum absolute atomic E-state index is 0.136. The summed E-state index contributed by atoms with van der Waals surface area (Å²) < 4.78 is 23.7. The van der Waals surface area contributed by atoms with Crippen molar-refractivity contribution in [2.24, 2.45) is 4.99 Å². The number of thiazole rings is 1. The Labute approximate surface area is 266 Å². The van der Waals surface area contributed by atoms with E-state index in [1.165, 1.54) is 17.7 Å². The highest BCUT2D eigenvalue weighted by Crippen LogP contribution is 2.36. The van der Waals surface area contributed by atoms with Crippen molar-refractivity contribution in [3.63, 3.8) is 0 Å². The topological polar surface area (TPSA) is 135 Å². The Hall–Kier alpha value is -5.75. The van der Waals surface area contributed by atoms with Crippen LogP contribution < -0.4 is 24.4 Å². The molecule has 232 valence electrons. The molecule has 6 rings (SSSR count). The van der Waals surface area contributed by atoms with Crippen molar-refractivity contribution in [2.45, 2.75) is 13.0 Å². The van der Waals surface area contributed by atoms with Gasteiger partial charge in [-0.2, -0.15) is 0 Å². The van der Waals surface area contributed by atoms with Crippen molar-refractivity contribution in [2.75, 3.05) is 20.8 Å². The van der Waals surface area contributed by atoms with Gasteiger partial charge in [0.2, 0.25) is 0 Å². The number of nitro groups is 1. The molecule has 0 saturated heterocycles. The number of esters is 1. The van der Waals surface area contributed by atoms with Crippen LogP contribution in [-0.2, 0) is 9.53 Å². The first-order chi connectivity index (χ1) is 22.3. The number of methoxy groups -OCH3 is 2. The van der Waals surface area contributed by atoms with Crippen LogP contribution in [0.3, 0.4) is 0 Å². The number of carbonyl (C=O) groups is 1. The lowest BCUT2D eigenvalue weighted by Crippen LogP contribution is -2.40. The summed E-state index contributed by atoms with van der Waals surface area (Å²) in [6.07, 6.45) is 1.56. The van der Waals surface area contributed by atoms with E-state index in [1.807, 2.05) is 30.3 Å². The molecule has 1 atom stereocenters. The number of nitro benzene ring substituents is 1. The van der Waals surface area contributed by atoms with Gasteiger partial charge in [-0.1, -0.05) is 53.8 Å². The van der Waals surface area contributed by atoms with Crippen LogP contribution in [0.15, 0.2) is 105 Å². The van der Waals surface area contributed by atoms with Gasteiger partial charge in [0.05, 0.1) is 59.2 Å². The predicted molar refractivity (Wildman–Crippen MR) is 171 cm³/mol. The second kappa shape index (κ2) is 12.7. The highest BCUT2D eigenvalue weighted by Gasteiger charge is 2.35. The molecule has 0 bridgehead atoms. The molecule has 0 amide bonds. The van der Waals surface area contributed by atoms with Gasteiger partial charge in [-0.3, -0.25) is 19.5 Å². The van der Waals surface area contributed by atoms with E-state index in [2.05, 4.69) is 0 Å². The van der Waals surface area contributed by atoms with Gasteiger partial charge in [0.15, 0.2) is 4.80 Å². The summed E-state index contributed by atoms with van der Waals surface area (Å²) in [6, 6.07) is 23.2. The smallest absolute Gasteiger partial charge is 0.338 e. The standard InChI is InChI=1S/C34H27N3O8S/c1-4-44-33(39)29-30(20-8-6-5-7-9-20)35-34-36(31(29)21-10-12-22(42-2)13-11-21)32(38)28(46-34)19-24-15-17-27(45-24)25-16-14-23(43-3)18-26(25)37(40)41/h5-19,31H,4H2,1-3H3/b28-19-/t31-/m0/s1. The first kappa shape index (κ1) is 30.3. The maximum absolute atomic E-state index is 14.1. The Balaban J connectivity index is 1.53. The van der Waals surface area contributed by atoms with Crippen molar-refractivity contribution in [1.82, 2.24) is 4.57 Å². The quantitative estimate of drug-likeness (QED) is 0.123. The van der Waals surface area contributed by atoms with Crippen LogP contribution in [-0.4, -0.2) is 36.3 Å². The Morgan fingerprint density at radius 1 is 1.02 bits per heavy atom. The van der Waals surface area contributed by atoms with E-state index in [1.54, 1.807) is 68.6 Å². The van der Waals surface area contributed by atoms with Gasteiger partial charge in [-0.25, -0.2) is 9.79 Å². The first-order valence-electron chi connectivity index (χ1n) is 14.2. The lowest BCUT2D eigenvalue weighted by molar-refractivity contribution is -0.384. The summed E-state index contributed by atoms with van der Waals surface area (Å²) in [6.45, 7) is 1.85. The molecule has 0 fully saturated rings. The third-order valence-electron chi connectivity index (χ3n) is 7.37. The maximum atomic E-state index is 14.1. The van der Waals surface area contributed by atoms with Crippen LogP contribution >= 0.6 is 11.3 Å². The lowest BCUT2D eigenvalue weighted by Gasteiger charge is -2.26. The summed E-state index contributed by atoms with van der Waals surface area (Å²) in [5, 5.41) is 11.7. The molecule has 46 heavy (non-hydrogen) atoms. The molecule has 0 N–H and O–H groups in total. The van der Waals surface area contributed by atoms with Gasteiger partial charge in [-0.05, 0) is 48.9 Å². The Bertz CT molecular complexity index is 2160. The minimum atomic E-state index is -0.854. The molecule has 0 spiro atoms. The first-order valence-corrected chi connectivity index (χ1v) is 15.0. The molecule has 1 aliphatic heterocycles. The molecule has 11 nitrogen and oxygen atoms in total. The largest absolute Gasteiger partial charge is 0.497 e. The minimum Gasteiger partial charge on any atom is -0.497 e. The van der Waals surface area contributed by atoms with Crippen molar-refractivity contribution < 1.29 is 28.3 Å². The normalized spacial score (nSPS) is 14.4. The Morgan fingerprint density at radius 2 is 1.74 bits per heavy atom. The number of ether oxygens (including phenoxy) is 3. The average molecular weight is 638 g/mol. The van der Waals surface area contributed by atoms with E-state index < -0.39 is 22.5 Å². The van der Waals surface area contributed by atoms with Crippen molar-refractivity contribution in [3.8, 4) is 22.8 Å². The van der Waals surface area contributed by atoms with Gasteiger partial charge < -0.3 is 18.6 Å². The van der Waals surface area contributed by atoms with Crippen LogP contribution in [0, 0.1) is 10.1 Å². The van der Waals surface area contributed by atoms with Crippen molar-refractivity contribution in [1.29, 1.82) is 0 Å². The third-order valence-corrected chi connectivity index (χ3v) is 8.36. The van der Waals surface area contributed by atoms with Crippen LogP contribution in [0.25, 0.3) is 23.1 Å². The molecule has 0 unspecified atom stereocenters. The molecular weight excluding hydrogens is 610 g/mol. The van der Waals surface area contributed by atoms with E-state index in [4.69, 9.17) is 23.6 Å². The second-order valence-corrected chi connectivity index (χ2v) is 11.1. The van der Waals surface area contributed by atoms with Gasteiger partial charge in [0, 0.05) is 11.6 Å². The summed E-state index contributed by atoms with van der Waals surface area (Å²) in [5.74, 6) is 0.926. The van der Waals surface area contributed by atoms with E-state index in [9.17, 15) is 19.7 Å². The number of aromatic nitrogens is 1. The molecule has 12 heteroatoms. The SMILES string of the molecule is CCOC(=O)C1=C(c2ccccc2)N=c2s/c(=C\c3ccc(-c4ccc(OC)cc4[N+](=O)[O-])o3)c(=O)n2[C@H]1c1ccc(OC)cc1. The van der Waals surface area contributed by atoms with E-state index in [0.29, 0.717) is 43.4 Å². The number of hydrogen-bond donors (Lipinski definition) is 0. The number of benzene rings is 3. The van der Waals surface area contributed by atoms with E-state index in [0.717, 1.165) is 11.3 Å². The lowest BCUT2D eigenvalue weighted by atomic mass is 9.93. The van der Waals surface area contributed by atoms with Gasteiger partial charge in [0.25, 0.3) is 11.2 Å². The van der Waals surface area contributed by atoms with Gasteiger partial charge in [-0.15, -0.1) is 0 Å². The monoisotopic (exact) mass is 637 g/mol. The van der Waals surface area contributed by atoms with Crippen molar-refractivity contribution in [3.05, 3.63) is 137 Å². The fourth-order valence-corrected chi connectivity index (χ4v) is 6.23. The molecule has 0 saturated carbocycles. The van der Waals surface area contributed by atoms with Crippen LogP contribution in [0.5, 0.6) is 11.5 Å². The summed E-state index contributed by atoms with van der Waals surface area (Å²) in [4.78, 5) is 44.2. The van der Waals surface area contributed by atoms with Crippen LogP contribution in [0.1, 0.15) is 29.9 Å². The number of fused-ring (bicyclic) bond motifs is 1. The molecule has 3 aromatic carbocycles. The molecule has 3 heterocycles. The Kier molecular flexibility index (Phi) is 8.36. The molecular formula is C34H27N3O8S.